The van der Waals surface area contributed by atoms with Crippen molar-refractivity contribution in [2.24, 2.45) is 0 Å². The number of fused-ring (bicyclic) bond motifs is 2. The van der Waals surface area contributed by atoms with Crippen LogP contribution in [0.25, 0.3) is 21.8 Å². The summed E-state index contributed by atoms with van der Waals surface area (Å²) in [5, 5.41) is 9.56. The van der Waals surface area contributed by atoms with Gasteiger partial charge in [0.05, 0.1) is 24.2 Å². The van der Waals surface area contributed by atoms with Crippen LogP contribution < -0.4 is 10.6 Å². The number of benzene rings is 3. The Morgan fingerprint density at radius 1 is 0.850 bits per heavy atom. The van der Waals surface area contributed by atoms with Crippen LogP contribution >= 0.6 is 15.8 Å². The zero-order valence-corrected chi connectivity index (χ0v) is 26.3. The van der Waals surface area contributed by atoms with Crippen LogP contribution in [0, 0.1) is 6.92 Å². The highest BCUT2D eigenvalue weighted by molar-refractivity contribution is 7.66. The summed E-state index contributed by atoms with van der Waals surface area (Å²) in [6.45, 7) is 11.8. The molecule has 0 saturated carbocycles. The minimum absolute atomic E-state index is 0.253. The first kappa shape index (κ1) is 27.4. The molecule has 2 aliphatic rings. The molecule has 0 radical (unpaired) electrons. The van der Waals surface area contributed by atoms with Gasteiger partial charge in [-0.25, -0.2) is 4.98 Å². The van der Waals surface area contributed by atoms with Crippen molar-refractivity contribution < 1.29 is 4.74 Å². The number of nitrogens with zero attached hydrogens (tertiary/aromatic N) is 1. The molecule has 0 spiro atoms. The largest absolute Gasteiger partial charge is 0.497 e. The maximum absolute atomic E-state index is 5.79. The second kappa shape index (κ2) is 11.3. The zero-order valence-electron chi connectivity index (χ0n) is 24.5. The molecule has 6 rings (SSSR count). The molecule has 0 amide bonds. The molecule has 1 aliphatic carbocycles. The predicted octanol–water partition coefficient (Wildman–Crippen LogP) is 9.41. The maximum Gasteiger partial charge on any atom is 0.115 e. The lowest BCUT2D eigenvalue weighted by Crippen LogP contribution is -2.28. The second-order valence-electron chi connectivity index (χ2n) is 11.7. The van der Waals surface area contributed by atoms with E-state index in [0.717, 1.165) is 24.5 Å². The summed E-state index contributed by atoms with van der Waals surface area (Å²) < 4.78 is 5.79. The molecule has 5 heteroatoms. The molecule has 0 saturated heterocycles. The van der Waals surface area contributed by atoms with Crippen LogP contribution in [0.2, 0.25) is 0 Å². The van der Waals surface area contributed by atoms with E-state index in [1.54, 1.807) is 7.11 Å². The molecule has 40 heavy (non-hydrogen) atoms. The first-order valence-corrected chi connectivity index (χ1v) is 17.7. The smallest absolute Gasteiger partial charge is 0.115 e. The molecule has 0 fully saturated rings. The number of aryl methyl sites for hydroxylation is 1. The fourth-order valence-electron chi connectivity index (χ4n) is 6.15. The van der Waals surface area contributed by atoms with Crippen molar-refractivity contribution in [3.05, 3.63) is 101 Å². The molecule has 3 nitrogen and oxygen atoms in total. The van der Waals surface area contributed by atoms with Crippen molar-refractivity contribution >= 4 is 48.6 Å². The molecular weight excluding hydrogens is 526 g/mol. The van der Waals surface area contributed by atoms with Crippen LogP contribution in [-0.2, 0) is 17.1 Å². The maximum atomic E-state index is 5.79. The van der Waals surface area contributed by atoms with Gasteiger partial charge in [-0.15, -0.1) is 0 Å². The van der Waals surface area contributed by atoms with E-state index in [2.05, 4.69) is 113 Å². The van der Waals surface area contributed by atoms with E-state index in [9.17, 15) is 0 Å². The second-order valence-corrected chi connectivity index (χ2v) is 17.3. The number of hydrogen-bond acceptors (Lipinski definition) is 3. The van der Waals surface area contributed by atoms with Crippen LogP contribution in [0.5, 0.6) is 0 Å². The Balaban J connectivity index is 1.64. The van der Waals surface area contributed by atoms with Crippen molar-refractivity contribution in [1.82, 2.24) is 4.98 Å². The van der Waals surface area contributed by atoms with Gasteiger partial charge in [-0.1, -0.05) is 91.6 Å². The van der Waals surface area contributed by atoms with Crippen LogP contribution in [0.4, 0.5) is 5.69 Å². The molecule has 1 aliphatic heterocycles. The number of nitrogens with one attached hydrogen (secondary N) is 1. The third kappa shape index (κ3) is 5.20. The number of anilines is 1. The van der Waals surface area contributed by atoms with Crippen LogP contribution in [0.3, 0.4) is 0 Å². The van der Waals surface area contributed by atoms with Crippen LogP contribution in [0.1, 0.15) is 50.8 Å². The minimum atomic E-state index is -0.484. The molecule has 2 bridgehead atoms. The Kier molecular flexibility index (Phi) is 7.73. The van der Waals surface area contributed by atoms with Crippen LogP contribution in [0.15, 0.2) is 83.9 Å². The van der Waals surface area contributed by atoms with E-state index in [1.807, 2.05) is 0 Å². The van der Waals surface area contributed by atoms with Gasteiger partial charge in [-0.2, -0.15) is 0 Å². The van der Waals surface area contributed by atoms with Crippen molar-refractivity contribution in [3.63, 3.8) is 0 Å². The number of rotatable bonds is 3. The quantitative estimate of drug-likeness (QED) is 0.198. The molecule has 3 aromatic carbocycles. The zero-order chi connectivity index (χ0) is 28.0. The number of pyridine rings is 1. The van der Waals surface area contributed by atoms with E-state index in [0.29, 0.717) is 11.3 Å². The highest BCUT2D eigenvalue weighted by atomic mass is 31.1. The fourth-order valence-corrected chi connectivity index (χ4v) is 11.3. The molecule has 2 heterocycles. The average Bonchev–Trinajstić information content (AvgIpc) is 2.94. The molecule has 1 aromatic heterocycles. The summed E-state index contributed by atoms with van der Waals surface area (Å²) in [4.78, 5) is 5.47. The van der Waals surface area contributed by atoms with Crippen molar-refractivity contribution in [2.75, 3.05) is 12.4 Å². The first-order valence-electron chi connectivity index (χ1n) is 14.5. The van der Waals surface area contributed by atoms with Gasteiger partial charge >= 0.3 is 0 Å². The Morgan fingerprint density at radius 3 is 2.12 bits per heavy atom. The van der Waals surface area contributed by atoms with Gasteiger partial charge < -0.3 is 10.1 Å². The van der Waals surface area contributed by atoms with E-state index in [4.69, 9.17) is 9.72 Å². The predicted molar refractivity (Wildman–Crippen MR) is 177 cm³/mol. The first-order chi connectivity index (χ1) is 19.3. The van der Waals surface area contributed by atoms with E-state index in [1.165, 1.54) is 54.8 Å². The van der Waals surface area contributed by atoms with Gasteiger partial charge in [0, 0.05) is 16.5 Å². The van der Waals surface area contributed by atoms with Gasteiger partial charge in [0.25, 0.3) is 0 Å². The fraction of sp³-hybridized carbons (Fsp3) is 0.343. The summed E-state index contributed by atoms with van der Waals surface area (Å²) >= 11 is 0. The molecule has 3 atom stereocenters. The van der Waals surface area contributed by atoms with E-state index in [-0.39, 0.29) is 6.04 Å². The lowest BCUT2D eigenvalue weighted by Gasteiger charge is -2.35. The average molecular weight is 567 g/mol. The molecule has 4 aromatic rings. The standard InChI is InChI=1S/C35H40N2OP2/c1-22(2)39-20-27-11-7-9-25-18-26-10-8-12-28(35(26)37-34(25)27)21-40(23(3)4)33-19-29(38-6)14-16-31(33)36-30-15-13-24(5)17-32(30)39/h7-15,17-19,22-23,31,36H,16,20-21H2,1-6H3. The number of hydrogen-bond donors (Lipinski definition) is 1. The highest BCUT2D eigenvalue weighted by Gasteiger charge is 2.30. The van der Waals surface area contributed by atoms with Crippen molar-refractivity contribution in [3.8, 4) is 0 Å². The number of ether oxygens (including phenoxy) is 1. The molecule has 206 valence electrons. The van der Waals surface area contributed by atoms with Gasteiger partial charge in [-0.05, 0) is 89.1 Å². The molecule has 1 N–H and O–H groups in total. The third-order valence-electron chi connectivity index (χ3n) is 8.33. The van der Waals surface area contributed by atoms with Crippen molar-refractivity contribution in [1.29, 1.82) is 0 Å². The Morgan fingerprint density at radius 2 is 1.50 bits per heavy atom. The van der Waals surface area contributed by atoms with Gasteiger partial charge in [0.15, 0.2) is 0 Å². The number of aromatic nitrogens is 1. The van der Waals surface area contributed by atoms with E-state index >= 15 is 0 Å². The minimum Gasteiger partial charge on any atom is -0.497 e. The topological polar surface area (TPSA) is 34.1 Å². The van der Waals surface area contributed by atoms with Crippen molar-refractivity contribution in [2.45, 2.75) is 70.7 Å². The summed E-state index contributed by atoms with van der Waals surface area (Å²) in [5.41, 5.74) is 8.77. The van der Waals surface area contributed by atoms with Gasteiger partial charge in [0.2, 0.25) is 0 Å². The Bertz CT molecular complexity index is 1640. The number of methoxy groups -OCH3 is 1. The lowest BCUT2D eigenvalue weighted by molar-refractivity contribution is 0.303. The number of para-hydroxylation sites is 2. The summed E-state index contributed by atoms with van der Waals surface area (Å²) in [5.74, 6) is 0.988. The Hall–Kier alpha value is -2.73. The lowest BCUT2D eigenvalue weighted by atomic mass is 10.1. The third-order valence-corrected chi connectivity index (χ3v) is 14.3. The molecule has 3 unspecified atom stereocenters. The van der Waals surface area contributed by atoms with Gasteiger partial charge in [0.1, 0.15) is 5.76 Å². The normalized spacial score (nSPS) is 21.1. The highest BCUT2D eigenvalue weighted by Crippen LogP contribution is 2.56. The summed E-state index contributed by atoms with van der Waals surface area (Å²) in [7, 11) is 0.842. The molecular formula is C35H40N2OP2. The summed E-state index contributed by atoms with van der Waals surface area (Å²) in [6.07, 6.45) is 7.58. The SMILES string of the molecule is COC1=CCC2Nc3ccc(C)cc3P(C(C)C)Cc3cccc4cc5cccc(c5nc34)CP(C(C)C)C2=C1. The Labute approximate surface area is 241 Å². The van der Waals surface area contributed by atoms with Crippen LogP contribution in [-0.4, -0.2) is 29.5 Å². The van der Waals surface area contributed by atoms with E-state index < -0.39 is 15.8 Å². The number of allylic oxidation sites excluding steroid dienone is 1. The summed E-state index contributed by atoms with van der Waals surface area (Å²) in [6, 6.07) is 23.2. The monoisotopic (exact) mass is 566 g/mol. The van der Waals surface area contributed by atoms with Gasteiger partial charge in [-0.3, -0.25) is 0 Å².